The van der Waals surface area contributed by atoms with E-state index in [0.29, 0.717) is 44.0 Å². The van der Waals surface area contributed by atoms with Crippen molar-refractivity contribution in [2.45, 2.75) is 19.4 Å². The Labute approximate surface area is 241 Å². The highest BCUT2D eigenvalue weighted by Gasteiger charge is 2.37. The first kappa shape index (κ1) is 27.1. The molecule has 200 valence electrons. The summed E-state index contributed by atoms with van der Waals surface area (Å²) >= 11 is 13.9. The van der Waals surface area contributed by atoms with Crippen molar-refractivity contribution in [3.63, 3.8) is 0 Å². The minimum Gasteiger partial charge on any atom is -0.495 e. The molecule has 2 N–H and O–H groups in total. The number of rotatable bonds is 6. The molecular formula is C29H26Cl2N4O3S. The zero-order valence-corrected chi connectivity index (χ0v) is 23.7. The quantitative estimate of drug-likeness (QED) is 0.327. The topological polar surface area (TPSA) is 83.0 Å². The van der Waals surface area contributed by atoms with E-state index in [1.807, 2.05) is 43.3 Å². The van der Waals surface area contributed by atoms with Crippen LogP contribution in [0.3, 0.4) is 0 Å². The lowest BCUT2D eigenvalue weighted by Gasteiger charge is -2.41. The van der Waals surface area contributed by atoms with Crippen molar-refractivity contribution < 1.29 is 14.3 Å². The number of methoxy groups -OCH3 is 1. The smallest absolute Gasteiger partial charge is 0.255 e. The Kier molecular flexibility index (Phi) is 8.16. The van der Waals surface area contributed by atoms with Crippen LogP contribution in [0.4, 0.5) is 11.4 Å². The highest BCUT2D eigenvalue weighted by molar-refractivity contribution is 8.13. The van der Waals surface area contributed by atoms with E-state index in [2.05, 4.69) is 15.5 Å². The molecule has 1 saturated heterocycles. The van der Waals surface area contributed by atoms with Crippen molar-refractivity contribution in [2.75, 3.05) is 30.0 Å². The molecule has 2 heterocycles. The minimum atomic E-state index is -0.391. The summed E-state index contributed by atoms with van der Waals surface area (Å²) in [6, 6.07) is 19.1. The van der Waals surface area contributed by atoms with Gasteiger partial charge in [0.1, 0.15) is 5.75 Å². The summed E-state index contributed by atoms with van der Waals surface area (Å²) in [6.45, 7) is 2.62. The van der Waals surface area contributed by atoms with E-state index in [0.717, 1.165) is 29.4 Å². The molecule has 1 atom stereocenters. The van der Waals surface area contributed by atoms with Crippen molar-refractivity contribution >= 4 is 63.3 Å². The molecule has 0 aromatic heterocycles. The van der Waals surface area contributed by atoms with Crippen LogP contribution in [-0.4, -0.2) is 41.3 Å². The van der Waals surface area contributed by atoms with Gasteiger partial charge in [0.15, 0.2) is 5.17 Å². The highest BCUT2D eigenvalue weighted by atomic mass is 35.5. The Morgan fingerprint density at radius 3 is 2.54 bits per heavy atom. The number of para-hydroxylation sites is 2. The fourth-order valence-electron chi connectivity index (χ4n) is 4.72. The molecule has 0 spiro atoms. The number of aliphatic imine (C=N–C) groups is 1. The summed E-state index contributed by atoms with van der Waals surface area (Å²) in [6.07, 6.45) is 0.965. The first-order valence-corrected chi connectivity index (χ1v) is 14.1. The Hall–Kier alpha value is -3.46. The molecule has 0 aliphatic carbocycles. The number of nitrogens with one attached hydrogen (secondary N) is 2. The van der Waals surface area contributed by atoms with Gasteiger partial charge < -0.3 is 20.3 Å². The minimum absolute atomic E-state index is 0.261. The van der Waals surface area contributed by atoms with Crippen LogP contribution in [0.5, 0.6) is 5.75 Å². The van der Waals surface area contributed by atoms with Crippen LogP contribution in [0.2, 0.25) is 10.0 Å². The lowest BCUT2D eigenvalue weighted by atomic mass is 9.93. The van der Waals surface area contributed by atoms with Crippen molar-refractivity contribution in [3.05, 3.63) is 99.2 Å². The summed E-state index contributed by atoms with van der Waals surface area (Å²) in [7, 11) is 1.57. The van der Waals surface area contributed by atoms with Crippen LogP contribution >= 0.6 is 35.0 Å². The van der Waals surface area contributed by atoms with Crippen molar-refractivity contribution in [1.29, 1.82) is 0 Å². The number of fused-ring (bicyclic) bond motifs is 1. The number of nitrogens with zero attached hydrogens (tertiary/aromatic N) is 2. The first-order valence-electron chi connectivity index (χ1n) is 12.3. The van der Waals surface area contributed by atoms with Gasteiger partial charge in [0.2, 0.25) is 0 Å². The molecule has 2 amide bonds. The SMILES string of the molecule is COc1ccccc1NC(=O)C1=C(C)N=C2SCCCN2C1c1cccc(NC(=O)c2cc(Cl)cc(Cl)c2)c1. The molecule has 5 rings (SSSR count). The summed E-state index contributed by atoms with van der Waals surface area (Å²) < 4.78 is 5.43. The van der Waals surface area contributed by atoms with Crippen LogP contribution in [-0.2, 0) is 4.79 Å². The number of allylic oxidation sites excluding steroid dienone is 1. The van der Waals surface area contributed by atoms with Crippen LogP contribution in [0, 0.1) is 0 Å². The third kappa shape index (κ3) is 5.93. The number of amides is 2. The maximum Gasteiger partial charge on any atom is 0.255 e. The van der Waals surface area contributed by atoms with E-state index in [9.17, 15) is 9.59 Å². The van der Waals surface area contributed by atoms with E-state index in [1.165, 1.54) is 0 Å². The maximum absolute atomic E-state index is 13.8. The van der Waals surface area contributed by atoms with Crippen LogP contribution in [0.25, 0.3) is 0 Å². The van der Waals surface area contributed by atoms with Crippen LogP contribution < -0.4 is 15.4 Å². The molecule has 3 aromatic rings. The predicted octanol–water partition coefficient (Wildman–Crippen LogP) is 7.02. The molecule has 0 radical (unpaired) electrons. The van der Waals surface area contributed by atoms with Gasteiger partial charge in [0.25, 0.3) is 11.8 Å². The van der Waals surface area contributed by atoms with Crippen molar-refractivity contribution in [1.82, 2.24) is 4.90 Å². The molecule has 1 fully saturated rings. The largest absolute Gasteiger partial charge is 0.495 e. The number of benzene rings is 3. The second-order valence-corrected chi connectivity index (χ2v) is 11.0. The molecule has 0 saturated carbocycles. The standard InChI is InChI=1S/C29H26Cl2N4O3S/c1-17-25(28(37)34-23-9-3-4-10-24(23)38-2)26(35-11-6-12-39-29(35)32-17)18-7-5-8-22(15-18)33-27(36)19-13-20(30)16-21(31)14-19/h3-5,7-10,13-16,26H,6,11-12H2,1-2H3,(H,33,36)(H,34,37). The maximum atomic E-state index is 13.8. The summed E-state index contributed by atoms with van der Waals surface area (Å²) in [5, 5.41) is 7.59. The number of anilines is 2. The number of carbonyl (C=O) groups excluding carboxylic acids is 2. The number of hydrogen-bond donors (Lipinski definition) is 2. The molecule has 0 bridgehead atoms. The Bertz CT molecular complexity index is 1490. The number of thioether (sulfide) groups is 1. The molecule has 39 heavy (non-hydrogen) atoms. The van der Waals surface area contributed by atoms with Gasteiger partial charge in [-0.3, -0.25) is 9.59 Å². The second-order valence-electron chi connectivity index (χ2n) is 9.08. The number of hydrogen-bond acceptors (Lipinski definition) is 6. The fraction of sp³-hybridized carbons (Fsp3) is 0.207. The molecule has 10 heteroatoms. The number of ether oxygens (including phenoxy) is 1. The zero-order valence-electron chi connectivity index (χ0n) is 21.3. The van der Waals surface area contributed by atoms with Gasteiger partial charge in [-0.2, -0.15) is 0 Å². The number of halogens is 2. The summed E-state index contributed by atoms with van der Waals surface area (Å²) in [5.41, 5.74) is 3.56. The average molecular weight is 582 g/mol. The van der Waals surface area contributed by atoms with Gasteiger partial charge in [-0.05, 0) is 61.4 Å². The summed E-state index contributed by atoms with van der Waals surface area (Å²) in [5.74, 6) is 0.941. The van der Waals surface area contributed by atoms with E-state index in [1.54, 1.807) is 49.2 Å². The van der Waals surface area contributed by atoms with E-state index < -0.39 is 6.04 Å². The molecule has 2 aliphatic heterocycles. The lowest BCUT2D eigenvalue weighted by molar-refractivity contribution is -0.113. The second kappa shape index (κ2) is 11.7. The Morgan fingerprint density at radius 2 is 1.77 bits per heavy atom. The van der Waals surface area contributed by atoms with E-state index in [4.69, 9.17) is 32.9 Å². The fourth-order valence-corrected chi connectivity index (χ4v) is 6.26. The van der Waals surface area contributed by atoms with Gasteiger partial charge in [-0.25, -0.2) is 4.99 Å². The predicted molar refractivity (Wildman–Crippen MR) is 159 cm³/mol. The van der Waals surface area contributed by atoms with Gasteiger partial charge >= 0.3 is 0 Å². The molecular weight excluding hydrogens is 555 g/mol. The van der Waals surface area contributed by atoms with Crippen LogP contribution in [0.15, 0.2) is 83.0 Å². The van der Waals surface area contributed by atoms with E-state index in [-0.39, 0.29) is 11.8 Å². The third-order valence-corrected chi connectivity index (χ3v) is 7.96. The average Bonchev–Trinajstić information content (AvgIpc) is 2.92. The van der Waals surface area contributed by atoms with Gasteiger partial charge in [0.05, 0.1) is 30.1 Å². The monoisotopic (exact) mass is 580 g/mol. The Balaban J connectivity index is 1.49. The van der Waals surface area contributed by atoms with Crippen molar-refractivity contribution in [2.24, 2.45) is 4.99 Å². The zero-order chi connectivity index (χ0) is 27.5. The van der Waals surface area contributed by atoms with Gasteiger partial charge in [-0.15, -0.1) is 0 Å². The first-order chi connectivity index (χ1) is 18.8. The third-order valence-electron chi connectivity index (χ3n) is 6.44. The van der Waals surface area contributed by atoms with E-state index >= 15 is 0 Å². The Morgan fingerprint density at radius 1 is 1.00 bits per heavy atom. The summed E-state index contributed by atoms with van der Waals surface area (Å²) in [4.78, 5) is 33.7. The molecule has 3 aromatic carbocycles. The molecule has 2 aliphatic rings. The van der Waals surface area contributed by atoms with Crippen LogP contribution in [0.1, 0.15) is 35.3 Å². The molecule has 1 unspecified atom stereocenters. The highest BCUT2D eigenvalue weighted by Crippen LogP contribution is 2.41. The number of carbonyl (C=O) groups is 2. The number of amidine groups is 1. The lowest BCUT2D eigenvalue weighted by Crippen LogP contribution is -2.43. The normalized spacial score (nSPS) is 16.8. The van der Waals surface area contributed by atoms with Gasteiger partial charge in [-0.1, -0.05) is 59.2 Å². The molecule has 7 nitrogen and oxygen atoms in total. The van der Waals surface area contributed by atoms with Gasteiger partial charge in [0, 0.05) is 33.6 Å². The van der Waals surface area contributed by atoms with Crippen molar-refractivity contribution in [3.8, 4) is 5.75 Å².